The number of thiazole rings is 1. The molecule has 0 atom stereocenters. The Hall–Kier alpha value is -3.12. The molecule has 1 aromatic heterocycles. The second-order valence-electron chi connectivity index (χ2n) is 5.34. The average Bonchev–Trinajstić information content (AvgIpc) is 3.15. The van der Waals surface area contributed by atoms with Gasteiger partial charge >= 0.3 is 0 Å². The van der Waals surface area contributed by atoms with E-state index in [1.165, 1.54) is 17.4 Å². The summed E-state index contributed by atoms with van der Waals surface area (Å²) < 4.78 is 10.7. The van der Waals surface area contributed by atoms with Gasteiger partial charge in [-0.3, -0.25) is 10.1 Å². The van der Waals surface area contributed by atoms with Crippen molar-refractivity contribution in [3.8, 4) is 22.8 Å². The normalized spacial score (nSPS) is 10.7. The number of carbonyl (C=O) groups is 1. The number of anilines is 1. The van der Waals surface area contributed by atoms with E-state index in [0.717, 1.165) is 11.1 Å². The molecule has 0 aliphatic rings. The van der Waals surface area contributed by atoms with Crippen LogP contribution in [0.25, 0.3) is 17.3 Å². The summed E-state index contributed by atoms with van der Waals surface area (Å²) in [6.45, 7) is 0. The predicted octanol–water partition coefficient (Wildman–Crippen LogP) is 4.48. The minimum atomic E-state index is -0.229. The maximum absolute atomic E-state index is 12.1. The Balaban J connectivity index is 1.74. The highest BCUT2D eigenvalue weighted by molar-refractivity contribution is 7.14. The first-order valence-electron chi connectivity index (χ1n) is 7.91. The second-order valence-corrected chi connectivity index (χ2v) is 6.20. The van der Waals surface area contributed by atoms with E-state index in [1.54, 1.807) is 20.3 Å². The van der Waals surface area contributed by atoms with Crippen LogP contribution < -0.4 is 14.8 Å². The molecule has 3 aromatic rings. The fourth-order valence-electron chi connectivity index (χ4n) is 2.35. The summed E-state index contributed by atoms with van der Waals surface area (Å²) in [5.74, 6) is 1.18. The van der Waals surface area contributed by atoms with Crippen LogP contribution in [-0.4, -0.2) is 25.1 Å². The highest BCUT2D eigenvalue weighted by Gasteiger charge is 2.12. The van der Waals surface area contributed by atoms with Crippen LogP contribution in [0.5, 0.6) is 11.5 Å². The Labute approximate surface area is 155 Å². The van der Waals surface area contributed by atoms with E-state index < -0.39 is 0 Å². The van der Waals surface area contributed by atoms with Crippen molar-refractivity contribution in [1.29, 1.82) is 0 Å². The van der Waals surface area contributed by atoms with Crippen molar-refractivity contribution in [2.45, 2.75) is 0 Å². The molecule has 0 aliphatic heterocycles. The molecule has 5 nitrogen and oxygen atoms in total. The largest absolute Gasteiger partial charge is 0.497 e. The van der Waals surface area contributed by atoms with Gasteiger partial charge in [-0.05, 0) is 29.8 Å². The molecule has 1 N–H and O–H groups in total. The van der Waals surface area contributed by atoms with Gasteiger partial charge in [-0.2, -0.15) is 0 Å². The quantitative estimate of drug-likeness (QED) is 0.654. The van der Waals surface area contributed by atoms with Crippen LogP contribution in [0.4, 0.5) is 5.13 Å². The lowest BCUT2D eigenvalue weighted by atomic mass is 10.1. The molecule has 0 spiro atoms. The van der Waals surface area contributed by atoms with Crippen molar-refractivity contribution in [3.05, 3.63) is 65.6 Å². The fourth-order valence-corrected chi connectivity index (χ4v) is 3.07. The number of hydrogen-bond acceptors (Lipinski definition) is 5. The van der Waals surface area contributed by atoms with E-state index in [0.29, 0.717) is 22.3 Å². The van der Waals surface area contributed by atoms with E-state index in [9.17, 15) is 4.79 Å². The van der Waals surface area contributed by atoms with Crippen molar-refractivity contribution >= 4 is 28.5 Å². The van der Waals surface area contributed by atoms with Crippen LogP contribution in [0.2, 0.25) is 0 Å². The van der Waals surface area contributed by atoms with E-state index in [-0.39, 0.29) is 5.91 Å². The first-order valence-corrected chi connectivity index (χ1v) is 8.79. The number of nitrogens with zero attached hydrogens (tertiary/aromatic N) is 1. The number of rotatable bonds is 6. The summed E-state index contributed by atoms with van der Waals surface area (Å²) >= 11 is 1.35. The molecule has 1 heterocycles. The first-order chi connectivity index (χ1) is 12.7. The van der Waals surface area contributed by atoms with Crippen molar-refractivity contribution in [2.24, 2.45) is 0 Å². The second kappa shape index (κ2) is 8.31. The summed E-state index contributed by atoms with van der Waals surface area (Å²) in [5, 5.41) is 5.17. The molecule has 26 heavy (non-hydrogen) atoms. The molecular weight excluding hydrogens is 348 g/mol. The van der Waals surface area contributed by atoms with Crippen LogP contribution in [-0.2, 0) is 4.79 Å². The third kappa shape index (κ3) is 4.29. The van der Waals surface area contributed by atoms with Crippen molar-refractivity contribution in [3.63, 3.8) is 0 Å². The van der Waals surface area contributed by atoms with E-state index in [1.807, 2.05) is 53.9 Å². The summed E-state index contributed by atoms with van der Waals surface area (Å²) in [7, 11) is 3.21. The molecule has 0 saturated carbocycles. The van der Waals surface area contributed by atoms with E-state index in [2.05, 4.69) is 10.3 Å². The maximum Gasteiger partial charge on any atom is 0.250 e. The summed E-state index contributed by atoms with van der Waals surface area (Å²) in [5.41, 5.74) is 2.49. The Bertz CT molecular complexity index is 920. The number of methoxy groups -OCH3 is 2. The SMILES string of the molecule is COc1ccc(OC)c(-c2csc(NC(=O)C=Cc3ccccc3)n2)c1. The molecule has 0 fully saturated rings. The molecule has 0 radical (unpaired) electrons. The number of ether oxygens (including phenoxy) is 2. The Morgan fingerprint density at radius 3 is 2.65 bits per heavy atom. The highest BCUT2D eigenvalue weighted by Crippen LogP contribution is 2.34. The van der Waals surface area contributed by atoms with Gasteiger partial charge in [-0.1, -0.05) is 30.3 Å². The molecule has 0 bridgehead atoms. The van der Waals surface area contributed by atoms with Crippen LogP contribution in [0.1, 0.15) is 5.56 Å². The van der Waals surface area contributed by atoms with Crippen molar-refractivity contribution < 1.29 is 14.3 Å². The van der Waals surface area contributed by atoms with Gasteiger partial charge in [0.15, 0.2) is 5.13 Å². The lowest BCUT2D eigenvalue weighted by Crippen LogP contribution is -2.07. The molecule has 0 unspecified atom stereocenters. The zero-order valence-corrected chi connectivity index (χ0v) is 15.2. The third-order valence-corrected chi connectivity index (χ3v) is 4.40. The van der Waals surface area contributed by atoms with Gasteiger partial charge in [0.25, 0.3) is 0 Å². The number of benzene rings is 2. The third-order valence-electron chi connectivity index (χ3n) is 3.64. The molecule has 3 rings (SSSR count). The smallest absolute Gasteiger partial charge is 0.250 e. The minimum absolute atomic E-state index is 0.229. The lowest BCUT2D eigenvalue weighted by molar-refractivity contribution is -0.111. The van der Waals surface area contributed by atoms with Crippen LogP contribution in [0.3, 0.4) is 0 Å². The van der Waals surface area contributed by atoms with Gasteiger partial charge in [0.2, 0.25) is 5.91 Å². The zero-order valence-electron chi connectivity index (χ0n) is 14.4. The number of hydrogen-bond donors (Lipinski definition) is 1. The summed E-state index contributed by atoms with van der Waals surface area (Å²) in [4.78, 5) is 16.6. The van der Waals surface area contributed by atoms with Gasteiger partial charge in [0.05, 0.1) is 19.9 Å². The Kier molecular flexibility index (Phi) is 5.66. The van der Waals surface area contributed by atoms with Crippen LogP contribution in [0.15, 0.2) is 60.0 Å². The fraction of sp³-hybridized carbons (Fsp3) is 0.100. The predicted molar refractivity (Wildman–Crippen MR) is 105 cm³/mol. The lowest BCUT2D eigenvalue weighted by Gasteiger charge is -2.08. The maximum atomic E-state index is 12.1. The molecule has 0 aliphatic carbocycles. The topological polar surface area (TPSA) is 60.5 Å². The molecule has 1 amide bonds. The molecule has 6 heteroatoms. The molecular formula is C20H18N2O3S. The zero-order chi connectivity index (χ0) is 18.4. The van der Waals surface area contributed by atoms with Gasteiger partial charge in [0.1, 0.15) is 11.5 Å². The van der Waals surface area contributed by atoms with Crippen molar-refractivity contribution in [1.82, 2.24) is 4.98 Å². The van der Waals surface area contributed by atoms with Crippen molar-refractivity contribution in [2.75, 3.05) is 19.5 Å². The van der Waals surface area contributed by atoms with Gasteiger partial charge in [-0.25, -0.2) is 4.98 Å². The highest BCUT2D eigenvalue weighted by atomic mass is 32.1. The standard InChI is InChI=1S/C20H18N2O3S/c1-24-15-9-10-18(25-2)16(12-15)17-13-26-20(21-17)22-19(23)11-8-14-6-4-3-5-7-14/h3-13H,1-2H3,(H,21,22,23). The summed E-state index contributed by atoms with van der Waals surface area (Å²) in [6.07, 6.45) is 3.25. The molecule has 132 valence electrons. The summed E-state index contributed by atoms with van der Waals surface area (Å²) in [6, 6.07) is 15.1. The molecule has 2 aromatic carbocycles. The first kappa shape index (κ1) is 17.7. The van der Waals surface area contributed by atoms with Gasteiger partial charge in [0, 0.05) is 17.0 Å². The van der Waals surface area contributed by atoms with Crippen LogP contribution >= 0.6 is 11.3 Å². The Morgan fingerprint density at radius 1 is 1.12 bits per heavy atom. The van der Waals surface area contributed by atoms with E-state index >= 15 is 0 Å². The van der Waals surface area contributed by atoms with Gasteiger partial charge < -0.3 is 9.47 Å². The van der Waals surface area contributed by atoms with Gasteiger partial charge in [-0.15, -0.1) is 11.3 Å². The average molecular weight is 366 g/mol. The molecule has 0 saturated heterocycles. The van der Waals surface area contributed by atoms with Crippen LogP contribution in [0, 0.1) is 0 Å². The Morgan fingerprint density at radius 2 is 1.92 bits per heavy atom. The number of aromatic nitrogens is 1. The monoisotopic (exact) mass is 366 g/mol. The number of carbonyl (C=O) groups excluding carboxylic acids is 1. The number of amides is 1. The number of nitrogens with one attached hydrogen (secondary N) is 1. The minimum Gasteiger partial charge on any atom is -0.497 e. The van der Waals surface area contributed by atoms with E-state index in [4.69, 9.17) is 9.47 Å².